The predicted molar refractivity (Wildman–Crippen MR) is 83.9 cm³/mol. The molecule has 0 aliphatic rings. The second kappa shape index (κ2) is 8.92. The summed E-state index contributed by atoms with van der Waals surface area (Å²) in [7, 11) is 1.59. The van der Waals surface area contributed by atoms with Gasteiger partial charge in [0.25, 0.3) is 5.91 Å². The molecule has 0 saturated heterocycles. The van der Waals surface area contributed by atoms with Crippen molar-refractivity contribution in [2.75, 3.05) is 18.1 Å². The van der Waals surface area contributed by atoms with Crippen molar-refractivity contribution in [1.82, 2.24) is 5.32 Å². The summed E-state index contributed by atoms with van der Waals surface area (Å²) < 4.78 is 11.4. The molecule has 0 aromatic heterocycles. The van der Waals surface area contributed by atoms with Gasteiger partial charge in [0.15, 0.2) is 0 Å². The second-order valence-electron chi connectivity index (χ2n) is 3.79. The number of amides is 1. The fraction of sp³-hybridized carbons (Fsp3) is 0.357. The minimum absolute atomic E-state index is 0.151. The van der Waals surface area contributed by atoms with E-state index in [4.69, 9.17) is 9.47 Å². The Morgan fingerprint density at radius 3 is 2.68 bits per heavy atom. The normalized spacial score (nSPS) is 11.7. The second-order valence-corrected chi connectivity index (χ2v) is 4.87. The molecule has 0 bridgehead atoms. The maximum atomic E-state index is 12.0. The lowest BCUT2D eigenvalue weighted by molar-refractivity contribution is 0.0412. The van der Waals surface area contributed by atoms with Crippen molar-refractivity contribution in [2.45, 2.75) is 12.6 Å². The van der Waals surface area contributed by atoms with Gasteiger partial charge in [-0.05, 0) is 24.3 Å². The van der Waals surface area contributed by atoms with E-state index in [1.807, 2.05) is 0 Å². The molecule has 0 aliphatic carbocycles. The molecule has 0 aliphatic heterocycles. The Morgan fingerprint density at radius 2 is 2.16 bits per heavy atom. The summed E-state index contributed by atoms with van der Waals surface area (Å²) in [4.78, 5) is 12.0. The monoisotopic (exact) mass is 375 g/mol. The fourth-order valence-corrected chi connectivity index (χ4v) is 2.02. The number of rotatable bonds is 8. The van der Waals surface area contributed by atoms with Crippen molar-refractivity contribution in [3.63, 3.8) is 0 Å². The van der Waals surface area contributed by atoms with Gasteiger partial charge in [0.2, 0.25) is 0 Å². The largest absolute Gasteiger partial charge is 0.497 e. The number of methoxy groups -OCH3 is 1. The molecular weight excluding hydrogens is 357 g/mol. The molecule has 1 unspecified atom stereocenters. The summed E-state index contributed by atoms with van der Waals surface area (Å²) in [6, 6.07) is 6.96. The molecule has 0 heterocycles. The van der Waals surface area contributed by atoms with E-state index in [0.29, 0.717) is 12.2 Å². The lowest BCUT2D eigenvalue weighted by Gasteiger charge is -2.17. The highest BCUT2D eigenvalue weighted by Gasteiger charge is 2.13. The average molecular weight is 375 g/mol. The van der Waals surface area contributed by atoms with E-state index >= 15 is 0 Å². The van der Waals surface area contributed by atoms with Crippen molar-refractivity contribution in [2.24, 2.45) is 0 Å². The Labute approximate surface area is 127 Å². The molecule has 1 rings (SSSR count). The Balaban J connectivity index is 2.61. The zero-order chi connectivity index (χ0) is 14.1. The van der Waals surface area contributed by atoms with Crippen LogP contribution in [-0.4, -0.2) is 30.3 Å². The van der Waals surface area contributed by atoms with Gasteiger partial charge in [-0.15, -0.1) is 6.58 Å². The van der Waals surface area contributed by atoms with Crippen LogP contribution in [0.15, 0.2) is 36.9 Å². The Bertz CT molecular complexity index is 406. The summed E-state index contributed by atoms with van der Waals surface area (Å²) in [6.45, 7) is 4.02. The first-order valence-corrected chi connectivity index (χ1v) is 7.47. The van der Waals surface area contributed by atoms with Gasteiger partial charge in [-0.3, -0.25) is 4.79 Å². The summed E-state index contributed by atoms with van der Waals surface area (Å²) in [5.41, 5.74) is 0.585. The molecule has 19 heavy (non-hydrogen) atoms. The van der Waals surface area contributed by atoms with E-state index in [1.54, 1.807) is 37.5 Å². The molecular formula is C14H18INO3. The zero-order valence-corrected chi connectivity index (χ0v) is 13.1. The van der Waals surface area contributed by atoms with Crippen LogP contribution in [0.3, 0.4) is 0 Å². The van der Waals surface area contributed by atoms with Gasteiger partial charge in [-0.25, -0.2) is 0 Å². The minimum Gasteiger partial charge on any atom is -0.497 e. The van der Waals surface area contributed by atoms with Gasteiger partial charge in [-0.2, -0.15) is 0 Å². The highest BCUT2D eigenvalue weighted by Crippen LogP contribution is 2.11. The van der Waals surface area contributed by atoms with E-state index in [0.717, 1.165) is 16.6 Å². The lowest BCUT2D eigenvalue weighted by atomic mass is 10.2. The summed E-state index contributed by atoms with van der Waals surface area (Å²) in [6.07, 6.45) is 2.14. The Hall–Kier alpha value is -1.08. The number of hydrogen-bond donors (Lipinski definition) is 1. The highest BCUT2D eigenvalue weighted by molar-refractivity contribution is 14.1. The first-order valence-electron chi connectivity index (χ1n) is 5.94. The lowest BCUT2D eigenvalue weighted by Crippen LogP contribution is -2.37. The molecule has 1 atom stereocenters. The van der Waals surface area contributed by atoms with E-state index in [-0.39, 0.29) is 12.1 Å². The SMILES string of the molecule is C=CCOC(CCI)NC(=O)c1ccc(OC)cc1. The van der Waals surface area contributed by atoms with Crippen molar-refractivity contribution in [3.05, 3.63) is 42.5 Å². The van der Waals surface area contributed by atoms with Crippen LogP contribution in [0.4, 0.5) is 0 Å². The number of carbonyl (C=O) groups excluding carboxylic acids is 1. The predicted octanol–water partition coefficient (Wildman–Crippen LogP) is 2.78. The van der Waals surface area contributed by atoms with Crippen molar-refractivity contribution in [3.8, 4) is 5.75 Å². The van der Waals surface area contributed by atoms with E-state index in [1.165, 1.54) is 0 Å². The van der Waals surface area contributed by atoms with Crippen LogP contribution in [0.1, 0.15) is 16.8 Å². The third-order valence-electron chi connectivity index (χ3n) is 2.43. The third kappa shape index (κ3) is 5.61. The van der Waals surface area contributed by atoms with Gasteiger partial charge in [0.1, 0.15) is 12.0 Å². The molecule has 1 N–H and O–H groups in total. The molecule has 4 nitrogen and oxygen atoms in total. The van der Waals surface area contributed by atoms with Crippen LogP contribution in [-0.2, 0) is 4.74 Å². The topological polar surface area (TPSA) is 47.6 Å². The van der Waals surface area contributed by atoms with Gasteiger partial charge in [0.05, 0.1) is 13.7 Å². The molecule has 1 aromatic rings. The fourth-order valence-electron chi connectivity index (χ4n) is 1.45. The number of hydrogen-bond acceptors (Lipinski definition) is 3. The molecule has 1 aromatic carbocycles. The zero-order valence-electron chi connectivity index (χ0n) is 10.9. The van der Waals surface area contributed by atoms with Gasteiger partial charge >= 0.3 is 0 Å². The van der Waals surface area contributed by atoms with Crippen LogP contribution >= 0.6 is 22.6 Å². The van der Waals surface area contributed by atoms with E-state index in [2.05, 4.69) is 34.5 Å². The van der Waals surface area contributed by atoms with Gasteiger partial charge in [-0.1, -0.05) is 28.7 Å². The first-order chi connectivity index (χ1) is 9.21. The Kier molecular flexibility index (Phi) is 7.50. The number of alkyl halides is 1. The molecule has 0 saturated carbocycles. The van der Waals surface area contributed by atoms with Crippen LogP contribution in [0, 0.1) is 0 Å². The standard InChI is InChI=1S/C14H18INO3/c1-3-10-19-13(8-9-15)16-14(17)11-4-6-12(18-2)7-5-11/h3-7,13H,1,8-10H2,2H3,(H,16,17). The summed E-state index contributed by atoms with van der Waals surface area (Å²) in [5, 5.41) is 2.85. The smallest absolute Gasteiger partial charge is 0.253 e. The summed E-state index contributed by atoms with van der Waals surface area (Å²) in [5.74, 6) is 0.574. The molecule has 0 radical (unpaired) electrons. The van der Waals surface area contributed by atoms with Gasteiger partial charge in [0, 0.05) is 16.4 Å². The highest BCUT2D eigenvalue weighted by atomic mass is 127. The number of benzene rings is 1. The van der Waals surface area contributed by atoms with Crippen LogP contribution < -0.4 is 10.1 Å². The number of nitrogens with one attached hydrogen (secondary N) is 1. The molecule has 1 amide bonds. The molecule has 0 fully saturated rings. The summed E-state index contributed by atoms with van der Waals surface area (Å²) >= 11 is 2.25. The van der Waals surface area contributed by atoms with Crippen LogP contribution in [0.5, 0.6) is 5.75 Å². The van der Waals surface area contributed by atoms with Crippen molar-refractivity contribution < 1.29 is 14.3 Å². The average Bonchev–Trinajstić information content (AvgIpc) is 2.45. The minimum atomic E-state index is -0.287. The van der Waals surface area contributed by atoms with Crippen LogP contribution in [0.25, 0.3) is 0 Å². The first kappa shape index (κ1) is 16.0. The van der Waals surface area contributed by atoms with E-state index in [9.17, 15) is 4.79 Å². The van der Waals surface area contributed by atoms with Crippen molar-refractivity contribution in [1.29, 1.82) is 0 Å². The number of halogens is 1. The third-order valence-corrected chi connectivity index (χ3v) is 3.05. The Morgan fingerprint density at radius 1 is 1.47 bits per heavy atom. The number of ether oxygens (including phenoxy) is 2. The quantitative estimate of drug-likeness (QED) is 0.329. The molecule has 0 spiro atoms. The van der Waals surface area contributed by atoms with Crippen LogP contribution in [0.2, 0.25) is 0 Å². The molecule has 104 valence electrons. The maximum absolute atomic E-state index is 12.0. The number of carbonyl (C=O) groups is 1. The van der Waals surface area contributed by atoms with Crippen molar-refractivity contribution >= 4 is 28.5 Å². The van der Waals surface area contributed by atoms with E-state index < -0.39 is 0 Å². The van der Waals surface area contributed by atoms with Gasteiger partial charge < -0.3 is 14.8 Å². The molecule has 5 heteroatoms. The maximum Gasteiger partial charge on any atom is 0.253 e.